The molecule has 8 nitrogen and oxygen atoms in total. The summed E-state index contributed by atoms with van der Waals surface area (Å²) in [5, 5.41) is 16.7. The number of urea groups is 1. The summed E-state index contributed by atoms with van der Waals surface area (Å²) in [6, 6.07) is 8.81. The minimum atomic E-state index is -0.515. The number of benzene rings is 1. The molecule has 0 fully saturated rings. The summed E-state index contributed by atoms with van der Waals surface area (Å²) in [6.07, 6.45) is 0.854. The number of nitrogens with zero attached hydrogens (tertiary/aromatic N) is 4. The maximum Gasteiger partial charge on any atom is 0.321 e. The molecule has 0 radical (unpaired) electrons. The van der Waals surface area contributed by atoms with Gasteiger partial charge in [-0.2, -0.15) is 4.80 Å². The maximum atomic E-state index is 11.8. The predicted molar refractivity (Wildman–Crippen MR) is 84.2 cm³/mol. The second-order valence-electron chi connectivity index (χ2n) is 5.50. The van der Waals surface area contributed by atoms with Gasteiger partial charge < -0.3 is 5.32 Å². The molecule has 0 aliphatic rings. The maximum absolute atomic E-state index is 11.8. The summed E-state index contributed by atoms with van der Waals surface area (Å²) >= 11 is 0. The van der Waals surface area contributed by atoms with Crippen molar-refractivity contribution in [2.45, 2.75) is 26.8 Å². The van der Waals surface area contributed by atoms with Crippen molar-refractivity contribution in [1.82, 2.24) is 30.8 Å². The van der Waals surface area contributed by atoms with E-state index in [9.17, 15) is 9.59 Å². The molecule has 2 N–H and O–H groups in total. The van der Waals surface area contributed by atoms with Crippen molar-refractivity contribution >= 4 is 11.9 Å². The van der Waals surface area contributed by atoms with Gasteiger partial charge in [-0.1, -0.05) is 44.2 Å². The topological polar surface area (TPSA) is 102 Å². The van der Waals surface area contributed by atoms with E-state index in [-0.39, 0.29) is 6.54 Å². The number of tetrazole rings is 1. The van der Waals surface area contributed by atoms with E-state index in [1.807, 2.05) is 30.3 Å². The van der Waals surface area contributed by atoms with Crippen LogP contribution in [-0.4, -0.2) is 38.7 Å². The van der Waals surface area contributed by atoms with Crippen LogP contribution < -0.4 is 10.6 Å². The lowest BCUT2D eigenvalue weighted by atomic mass is 10.1. The minimum Gasteiger partial charge on any atom is -0.338 e. The molecule has 0 unspecified atom stereocenters. The first kappa shape index (κ1) is 16.6. The third-order valence-corrected chi connectivity index (χ3v) is 3.03. The average Bonchev–Trinajstić information content (AvgIpc) is 2.96. The molecule has 0 atom stereocenters. The zero-order valence-corrected chi connectivity index (χ0v) is 13.2. The Morgan fingerprint density at radius 1 is 1.22 bits per heavy atom. The van der Waals surface area contributed by atoms with Crippen LogP contribution in [0, 0.1) is 5.92 Å². The molecule has 0 spiro atoms. The molecule has 0 saturated heterocycles. The fourth-order valence-electron chi connectivity index (χ4n) is 1.83. The summed E-state index contributed by atoms with van der Waals surface area (Å²) in [7, 11) is 0. The standard InChI is InChI=1S/C15H20N6O2/c1-11(2)8-9-16-15(23)17-13(22)10-21-19-14(18-20-21)12-6-4-3-5-7-12/h3-7,11H,8-10H2,1-2H3,(H2,16,17,22,23). The van der Waals surface area contributed by atoms with E-state index in [0.717, 1.165) is 16.8 Å². The van der Waals surface area contributed by atoms with Crippen molar-refractivity contribution in [2.75, 3.05) is 6.54 Å². The highest BCUT2D eigenvalue weighted by atomic mass is 16.2. The summed E-state index contributed by atoms with van der Waals surface area (Å²) in [5.74, 6) is 0.422. The van der Waals surface area contributed by atoms with Gasteiger partial charge in [-0.15, -0.1) is 10.2 Å². The molecule has 0 aliphatic heterocycles. The molecule has 2 rings (SSSR count). The van der Waals surface area contributed by atoms with Crippen LogP contribution in [0.25, 0.3) is 11.4 Å². The lowest BCUT2D eigenvalue weighted by Crippen LogP contribution is -2.41. The zero-order chi connectivity index (χ0) is 16.7. The largest absolute Gasteiger partial charge is 0.338 e. The van der Waals surface area contributed by atoms with Crippen LogP contribution in [0.1, 0.15) is 20.3 Å². The van der Waals surface area contributed by atoms with Gasteiger partial charge in [-0.3, -0.25) is 10.1 Å². The van der Waals surface area contributed by atoms with Gasteiger partial charge in [0.2, 0.25) is 5.82 Å². The average molecular weight is 316 g/mol. The molecular formula is C15H20N6O2. The van der Waals surface area contributed by atoms with Gasteiger partial charge >= 0.3 is 6.03 Å². The number of hydrogen-bond donors (Lipinski definition) is 2. The minimum absolute atomic E-state index is 0.169. The van der Waals surface area contributed by atoms with Crippen molar-refractivity contribution in [3.05, 3.63) is 30.3 Å². The number of rotatable bonds is 6. The quantitative estimate of drug-likeness (QED) is 0.834. The molecule has 23 heavy (non-hydrogen) atoms. The number of carbonyl (C=O) groups is 2. The first-order valence-corrected chi connectivity index (χ1v) is 7.45. The van der Waals surface area contributed by atoms with Crippen molar-refractivity contribution in [2.24, 2.45) is 5.92 Å². The van der Waals surface area contributed by atoms with Crippen LogP contribution in [-0.2, 0) is 11.3 Å². The lowest BCUT2D eigenvalue weighted by molar-refractivity contribution is -0.121. The number of amides is 3. The second kappa shape index (κ2) is 8.02. The molecule has 122 valence electrons. The predicted octanol–water partition coefficient (Wildman–Crippen LogP) is 1.21. The third-order valence-electron chi connectivity index (χ3n) is 3.03. The van der Waals surface area contributed by atoms with E-state index < -0.39 is 11.9 Å². The summed E-state index contributed by atoms with van der Waals surface area (Å²) in [5.41, 5.74) is 0.811. The Bertz CT molecular complexity index is 653. The Balaban J connectivity index is 1.82. The fraction of sp³-hybridized carbons (Fsp3) is 0.400. The van der Waals surface area contributed by atoms with Gasteiger partial charge in [0.1, 0.15) is 6.54 Å². The third kappa shape index (κ3) is 5.50. The monoisotopic (exact) mass is 316 g/mol. The van der Waals surface area contributed by atoms with Crippen LogP contribution in [0.5, 0.6) is 0 Å². The molecule has 3 amide bonds. The Kier molecular flexibility index (Phi) is 5.79. The second-order valence-corrected chi connectivity index (χ2v) is 5.50. The Morgan fingerprint density at radius 3 is 2.65 bits per heavy atom. The van der Waals surface area contributed by atoms with E-state index in [1.54, 1.807) is 0 Å². The van der Waals surface area contributed by atoms with E-state index in [4.69, 9.17) is 0 Å². The van der Waals surface area contributed by atoms with Crippen molar-refractivity contribution in [1.29, 1.82) is 0 Å². The normalized spacial score (nSPS) is 10.6. The number of carbonyl (C=O) groups excluding carboxylic acids is 2. The highest BCUT2D eigenvalue weighted by Gasteiger charge is 2.11. The smallest absolute Gasteiger partial charge is 0.321 e. The van der Waals surface area contributed by atoms with E-state index in [0.29, 0.717) is 18.3 Å². The molecule has 1 aromatic heterocycles. The highest BCUT2D eigenvalue weighted by Crippen LogP contribution is 2.11. The fourth-order valence-corrected chi connectivity index (χ4v) is 1.83. The van der Waals surface area contributed by atoms with Crippen LogP contribution >= 0.6 is 0 Å². The van der Waals surface area contributed by atoms with Gasteiger partial charge in [0, 0.05) is 12.1 Å². The Hall–Kier alpha value is -2.77. The van der Waals surface area contributed by atoms with Crippen LogP contribution in [0.2, 0.25) is 0 Å². The molecular weight excluding hydrogens is 296 g/mol. The first-order valence-electron chi connectivity index (χ1n) is 7.45. The van der Waals surface area contributed by atoms with Crippen LogP contribution in [0.15, 0.2) is 30.3 Å². The number of nitrogens with one attached hydrogen (secondary N) is 2. The van der Waals surface area contributed by atoms with E-state index in [2.05, 4.69) is 39.9 Å². The molecule has 2 aromatic rings. The molecule has 1 heterocycles. The Labute approximate surface area is 134 Å². The van der Waals surface area contributed by atoms with Gasteiger partial charge in [0.25, 0.3) is 5.91 Å². The van der Waals surface area contributed by atoms with Crippen LogP contribution in [0.3, 0.4) is 0 Å². The number of hydrogen-bond acceptors (Lipinski definition) is 5. The van der Waals surface area contributed by atoms with Crippen molar-refractivity contribution in [3.63, 3.8) is 0 Å². The highest BCUT2D eigenvalue weighted by molar-refractivity contribution is 5.94. The number of aromatic nitrogens is 4. The summed E-state index contributed by atoms with van der Waals surface area (Å²) < 4.78 is 0. The van der Waals surface area contributed by atoms with Crippen LogP contribution in [0.4, 0.5) is 4.79 Å². The van der Waals surface area contributed by atoms with Crippen molar-refractivity contribution in [3.8, 4) is 11.4 Å². The summed E-state index contributed by atoms with van der Waals surface area (Å²) in [6.45, 7) is 4.48. The Morgan fingerprint density at radius 2 is 1.96 bits per heavy atom. The summed E-state index contributed by atoms with van der Waals surface area (Å²) in [4.78, 5) is 24.5. The lowest BCUT2D eigenvalue weighted by Gasteiger charge is -2.07. The van der Waals surface area contributed by atoms with E-state index in [1.165, 1.54) is 0 Å². The van der Waals surface area contributed by atoms with Gasteiger partial charge in [-0.05, 0) is 17.6 Å². The first-order chi connectivity index (χ1) is 11.0. The molecule has 1 aromatic carbocycles. The van der Waals surface area contributed by atoms with E-state index >= 15 is 0 Å². The van der Waals surface area contributed by atoms with Crippen molar-refractivity contribution < 1.29 is 9.59 Å². The molecule has 0 aliphatic carbocycles. The number of imide groups is 1. The van der Waals surface area contributed by atoms with Gasteiger partial charge in [0.05, 0.1) is 0 Å². The zero-order valence-electron chi connectivity index (χ0n) is 13.2. The molecule has 0 bridgehead atoms. The SMILES string of the molecule is CC(C)CCNC(=O)NC(=O)Cn1nnc(-c2ccccc2)n1. The van der Waals surface area contributed by atoms with Gasteiger partial charge in [-0.25, -0.2) is 4.79 Å². The van der Waals surface area contributed by atoms with Gasteiger partial charge in [0.15, 0.2) is 0 Å². The molecule has 0 saturated carbocycles. The molecule has 8 heteroatoms.